The van der Waals surface area contributed by atoms with E-state index in [1.807, 2.05) is 30.3 Å². The Kier molecular flexibility index (Phi) is 4.56. The van der Waals surface area contributed by atoms with Crippen LogP contribution >= 0.6 is 0 Å². The number of nitrogens with zero attached hydrogens (tertiary/aromatic N) is 1. The van der Waals surface area contributed by atoms with E-state index in [0.717, 1.165) is 5.56 Å². The van der Waals surface area contributed by atoms with Crippen LogP contribution in [0.2, 0.25) is 0 Å². The fraction of sp³-hybridized carbons (Fsp3) is 0.125. The number of carbonyl (C=O) groups is 1. The van der Waals surface area contributed by atoms with Crippen molar-refractivity contribution in [3.8, 4) is 0 Å². The molecule has 1 aliphatic rings. The summed E-state index contributed by atoms with van der Waals surface area (Å²) in [5, 5.41) is 16.6. The van der Waals surface area contributed by atoms with Crippen LogP contribution in [-0.4, -0.2) is 23.3 Å². The van der Waals surface area contributed by atoms with Crippen LogP contribution in [-0.2, 0) is 9.63 Å². The molecule has 5 heteroatoms. The molecular formula is C16H16N2O3. The summed E-state index contributed by atoms with van der Waals surface area (Å²) in [7, 11) is 0. The highest BCUT2D eigenvalue weighted by molar-refractivity contribution is 6.24. The van der Waals surface area contributed by atoms with Gasteiger partial charge in [-0.05, 0) is 18.6 Å². The van der Waals surface area contributed by atoms with E-state index in [-0.39, 0.29) is 17.9 Å². The van der Waals surface area contributed by atoms with Crippen LogP contribution < -0.4 is 5.32 Å². The molecule has 0 atom stereocenters. The Bertz CT molecular complexity index is 643. The van der Waals surface area contributed by atoms with Gasteiger partial charge in [-0.15, -0.1) is 0 Å². The zero-order valence-electron chi connectivity index (χ0n) is 11.7. The normalized spacial score (nSPS) is 17.1. The minimum absolute atomic E-state index is 0.112. The van der Waals surface area contributed by atoms with Crippen molar-refractivity contribution in [2.45, 2.75) is 6.92 Å². The molecule has 1 amide bonds. The van der Waals surface area contributed by atoms with Crippen LogP contribution in [0.5, 0.6) is 0 Å². The SMILES string of the molecule is C=CCO/N=C(\C)C1=C(O)/C(=C/c2ccccc2)NC1=O. The van der Waals surface area contributed by atoms with Crippen LogP contribution in [0.3, 0.4) is 0 Å². The molecule has 1 aromatic carbocycles. The topological polar surface area (TPSA) is 70.9 Å². The molecule has 0 spiro atoms. The minimum Gasteiger partial charge on any atom is -0.505 e. The fourth-order valence-corrected chi connectivity index (χ4v) is 1.87. The molecule has 1 aliphatic heterocycles. The van der Waals surface area contributed by atoms with Gasteiger partial charge in [0.1, 0.15) is 12.2 Å². The van der Waals surface area contributed by atoms with Gasteiger partial charge in [0.2, 0.25) is 0 Å². The third-order valence-electron chi connectivity index (χ3n) is 2.83. The van der Waals surface area contributed by atoms with Crippen molar-refractivity contribution in [3.05, 3.63) is 65.6 Å². The van der Waals surface area contributed by atoms with Crippen molar-refractivity contribution in [1.82, 2.24) is 5.32 Å². The van der Waals surface area contributed by atoms with Crippen LogP contribution in [0.25, 0.3) is 6.08 Å². The number of aliphatic hydroxyl groups excluding tert-OH is 1. The Labute approximate surface area is 122 Å². The summed E-state index contributed by atoms with van der Waals surface area (Å²) in [6.07, 6.45) is 3.23. The molecule has 0 saturated heterocycles. The van der Waals surface area contributed by atoms with Gasteiger partial charge in [-0.2, -0.15) is 0 Å². The molecular weight excluding hydrogens is 268 g/mol. The number of nitrogens with one attached hydrogen (secondary N) is 1. The Morgan fingerprint density at radius 3 is 2.81 bits per heavy atom. The summed E-state index contributed by atoms with van der Waals surface area (Å²) in [5.74, 6) is -0.537. The zero-order valence-corrected chi connectivity index (χ0v) is 11.7. The van der Waals surface area contributed by atoms with Crippen molar-refractivity contribution in [3.63, 3.8) is 0 Å². The third-order valence-corrected chi connectivity index (χ3v) is 2.83. The number of hydrogen-bond donors (Lipinski definition) is 2. The summed E-state index contributed by atoms with van der Waals surface area (Å²) >= 11 is 0. The van der Waals surface area contributed by atoms with E-state index in [9.17, 15) is 9.90 Å². The van der Waals surface area contributed by atoms with Crippen molar-refractivity contribution in [2.75, 3.05) is 6.61 Å². The van der Waals surface area contributed by atoms with Gasteiger partial charge in [0.15, 0.2) is 5.76 Å². The molecule has 0 bridgehead atoms. The van der Waals surface area contributed by atoms with Gasteiger partial charge in [0, 0.05) is 0 Å². The third kappa shape index (κ3) is 3.39. The van der Waals surface area contributed by atoms with Crippen molar-refractivity contribution >= 4 is 17.7 Å². The monoisotopic (exact) mass is 284 g/mol. The number of benzene rings is 1. The van der Waals surface area contributed by atoms with Crippen molar-refractivity contribution in [2.24, 2.45) is 5.16 Å². The Morgan fingerprint density at radius 2 is 2.14 bits per heavy atom. The molecule has 1 aromatic rings. The maximum atomic E-state index is 11.9. The second-order valence-corrected chi connectivity index (χ2v) is 4.41. The van der Waals surface area contributed by atoms with E-state index >= 15 is 0 Å². The van der Waals surface area contributed by atoms with Gasteiger partial charge in [-0.25, -0.2) is 0 Å². The lowest BCUT2D eigenvalue weighted by Gasteiger charge is -2.00. The molecule has 0 radical (unpaired) electrons. The lowest BCUT2D eigenvalue weighted by Crippen LogP contribution is -2.19. The van der Waals surface area contributed by atoms with Crippen LogP contribution in [0.1, 0.15) is 12.5 Å². The summed E-state index contributed by atoms with van der Waals surface area (Å²) < 4.78 is 0. The Morgan fingerprint density at radius 1 is 1.43 bits per heavy atom. The number of oxime groups is 1. The molecule has 0 unspecified atom stereocenters. The van der Waals surface area contributed by atoms with Gasteiger partial charge in [-0.3, -0.25) is 4.79 Å². The summed E-state index contributed by atoms with van der Waals surface area (Å²) in [5.41, 5.74) is 1.64. The van der Waals surface area contributed by atoms with Gasteiger partial charge in [-0.1, -0.05) is 48.1 Å². The van der Waals surface area contributed by atoms with Crippen LogP contribution in [0.4, 0.5) is 0 Å². The molecule has 2 N–H and O–H groups in total. The zero-order chi connectivity index (χ0) is 15.2. The average Bonchev–Trinajstić information content (AvgIpc) is 2.75. The molecule has 2 rings (SSSR count). The van der Waals surface area contributed by atoms with Gasteiger partial charge in [0.25, 0.3) is 5.91 Å². The molecule has 0 aliphatic carbocycles. The van der Waals surface area contributed by atoms with Crippen molar-refractivity contribution in [1.29, 1.82) is 0 Å². The first-order valence-electron chi connectivity index (χ1n) is 6.43. The number of amides is 1. The molecule has 108 valence electrons. The van der Waals surface area contributed by atoms with Gasteiger partial charge >= 0.3 is 0 Å². The summed E-state index contributed by atoms with van der Waals surface area (Å²) in [4.78, 5) is 16.9. The first-order valence-corrected chi connectivity index (χ1v) is 6.43. The van der Waals surface area contributed by atoms with E-state index in [0.29, 0.717) is 11.4 Å². The van der Waals surface area contributed by atoms with Crippen molar-refractivity contribution < 1.29 is 14.7 Å². The molecule has 0 aromatic heterocycles. The van der Waals surface area contributed by atoms with Crippen LogP contribution in [0, 0.1) is 0 Å². The highest BCUT2D eigenvalue weighted by atomic mass is 16.6. The Balaban J connectivity index is 2.29. The summed E-state index contributed by atoms with van der Waals surface area (Å²) in [6.45, 7) is 5.33. The average molecular weight is 284 g/mol. The van der Waals surface area contributed by atoms with E-state index in [4.69, 9.17) is 4.84 Å². The Hall–Kier alpha value is -2.82. The van der Waals surface area contributed by atoms with E-state index < -0.39 is 5.91 Å². The fourth-order valence-electron chi connectivity index (χ4n) is 1.87. The highest BCUT2D eigenvalue weighted by Gasteiger charge is 2.29. The second kappa shape index (κ2) is 6.56. The first-order chi connectivity index (χ1) is 10.1. The van der Waals surface area contributed by atoms with E-state index in [2.05, 4.69) is 17.1 Å². The van der Waals surface area contributed by atoms with E-state index in [1.54, 1.807) is 19.1 Å². The lowest BCUT2D eigenvalue weighted by molar-refractivity contribution is -0.115. The van der Waals surface area contributed by atoms with E-state index in [1.165, 1.54) is 0 Å². The smallest absolute Gasteiger partial charge is 0.261 e. The highest BCUT2D eigenvalue weighted by Crippen LogP contribution is 2.21. The number of hydrogen-bond acceptors (Lipinski definition) is 4. The predicted molar refractivity (Wildman–Crippen MR) is 81.5 cm³/mol. The predicted octanol–water partition coefficient (Wildman–Crippen LogP) is 2.55. The molecule has 1 heterocycles. The maximum Gasteiger partial charge on any atom is 0.261 e. The number of aliphatic hydroxyl groups is 1. The van der Waals surface area contributed by atoms with Gasteiger partial charge < -0.3 is 15.3 Å². The molecule has 0 fully saturated rings. The van der Waals surface area contributed by atoms with Crippen LogP contribution in [0.15, 0.2) is 65.2 Å². The second-order valence-electron chi connectivity index (χ2n) is 4.41. The molecule has 21 heavy (non-hydrogen) atoms. The standard InChI is InChI=1S/C16H16N2O3/c1-3-9-21-18-11(2)14-15(19)13(17-16(14)20)10-12-7-5-4-6-8-12/h3-8,10,19H,1,9H2,2H3,(H,17,20)/b13-10-,18-11+. The maximum absolute atomic E-state index is 11.9. The first kappa shape index (κ1) is 14.6. The number of carbonyl (C=O) groups excluding carboxylic acids is 1. The lowest BCUT2D eigenvalue weighted by atomic mass is 10.1. The largest absolute Gasteiger partial charge is 0.505 e. The minimum atomic E-state index is -0.405. The quantitative estimate of drug-likeness (QED) is 0.378. The molecule has 0 saturated carbocycles. The molecule has 5 nitrogen and oxygen atoms in total. The van der Waals surface area contributed by atoms with Gasteiger partial charge in [0.05, 0.1) is 11.4 Å². The summed E-state index contributed by atoms with van der Waals surface area (Å²) in [6, 6.07) is 9.39. The number of rotatable bonds is 5.